The standard InChI is InChI=1S/C15H24FN3/c1-11(2)8-17-9-13-7-14(16)10-18-15(13)19-6-4-5-12(19)3/h7,10-12,17H,4-6,8-9H2,1-3H3. The van der Waals surface area contributed by atoms with Crippen LogP contribution in [-0.2, 0) is 6.54 Å². The minimum Gasteiger partial charge on any atom is -0.354 e. The number of anilines is 1. The zero-order valence-electron chi connectivity index (χ0n) is 12.1. The molecule has 19 heavy (non-hydrogen) atoms. The molecule has 1 atom stereocenters. The van der Waals surface area contributed by atoms with Crippen LogP contribution in [0.1, 0.15) is 39.2 Å². The molecule has 1 saturated heterocycles. The van der Waals surface area contributed by atoms with E-state index in [1.54, 1.807) is 6.07 Å². The molecule has 1 aliphatic heterocycles. The van der Waals surface area contributed by atoms with Crippen molar-refractivity contribution >= 4 is 5.82 Å². The number of halogens is 1. The van der Waals surface area contributed by atoms with Crippen molar-refractivity contribution in [1.29, 1.82) is 0 Å². The number of hydrogen-bond donors (Lipinski definition) is 1. The van der Waals surface area contributed by atoms with E-state index in [4.69, 9.17) is 0 Å². The Balaban J connectivity index is 2.13. The van der Waals surface area contributed by atoms with Gasteiger partial charge in [-0.15, -0.1) is 0 Å². The molecule has 1 aromatic rings. The van der Waals surface area contributed by atoms with Gasteiger partial charge in [-0.1, -0.05) is 13.8 Å². The fraction of sp³-hybridized carbons (Fsp3) is 0.667. The van der Waals surface area contributed by atoms with Gasteiger partial charge in [-0.2, -0.15) is 0 Å². The van der Waals surface area contributed by atoms with Crippen LogP contribution in [0, 0.1) is 11.7 Å². The molecule has 4 heteroatoms. The quantitative estimate of drug-likeness (QED) is 0.887. The fourth-order valence-corrected chi connectivity index (χ4v) is 2.61. The van der Waals surface area contributed by atoms with E-state index in [1.165, 1.54) is 19.0 Å². The SMILES string of the molecule is CC(C)CNCc1cc(F)cnc1N1CCCC1C. The van der Waals surface area contributed by atoms with Crippen LogP contribution >= 0.6 is 0 Å². The molecular formula is C15H24FN3. The molecule has 2 heterocycles. The van der Waals surface area contributed by atoms with Gasteiger partial charge in [-0.05, 0) is 38.3 Å². The summed E-state index contributed by atoms with van der Waals surface area (Å²) >= 11 is 0. The summed E-state index contributed by atoms with van der Waals surface area (Å²) in [5.41, 5.74) is 0.967. The fourth-order valence-electron chi connectivity index (χ4n) is 2.61. The Hall–Kier alpha value is -1.16. The molecule has 0 bridgehead atoms. The topological polar surface area (TPSA) is 28.2 Å². The second-order valence-electron chi connectivity index (χ2n) is 5.85. The van der Waals surface area contributed by atoms with Crippen molar-refractivity contribution in [2.24, 2.45) is 5.92 Å². The molecule has 1 N–H and O–H groups in total. The number of rotatable bonds is 5. The molecule has 0 amide bonds. The third-order valence-corrected chi connectivity index (χ3v) is 3.60. The van der Waals surface area contributed by atoms with E-state index in [0.717, 1.165) is 24.5 Å². The number of aromatic nitrogens is 1. The van der Waals surface area contributed by atoms with Crippen molar-refractivity contribution in [3.05, 3.63) is 23.6 Å². The van der Waals surface area contributed by atoms with Crippen LogP contribution in [0.3, 0.4) is 0 Å². The maximum absolute atomic E-state index is 13.4. The molecule has 3 nitrogen and oxygen atoms in total. The van der Waals surface area contributed by atoms with Gasteiger partial charge in [0.05, 0.1) is 6.20 Å². The largest absolute Gasteiger partial charge is 0.354 e. The van der Waals surface area contributed by atoms with E-state index >= 15 is 0 Å². The minimum absolute atomic E-state index is 0.253. The average molecular weight is 265 g/mol. The van der Waals surface area contributed by atoms with Crippen molar-refractivity contribution in [2.75, 3.05) is 18.0 Å². The van der Waals surface area contributed by atoms with Crippen molar-refractivity contribution in [1.82, 2.24) is 10.3 Å². The Bertz CT molecular complexity index is 420. The highest BCUT2D eigenvalue weighted by Crippen LogP contribution is 2.26. The van der Waals surface area contributed by atoms with Gasteiger partial charge in [0.15, 0.2) is 0 Å². The van der Waals surface area contributed by atoms with Gasteiger partial charge in [0.25, 0.3) is 0 Å². The molecule has 1 unspecified atom stereocenters. The normalized spacial score (nSPS) is 19.4. The maximum Gasteiger partial charge on any atom is 0.141 e. The molecule has 0 radical (unpaired) electrons. The number of nitrogens with one attached hydrogen (secondary N) is 1. The molecule has 0 aromatic carbocycles. The van der Waals surface area contributed by atoms with Crippen LogP contribution in [-0.4, -0.2) is 24.1 Å². The smallest absolute Gasteiger partial charge is 0.141 e. The molecule has 0 aliphatic carbocycles. The Labute approximate surface area is 115 Å². The van der Waals surface area contributed by atoms with Gasteiger partial charge in [0.2, 0.25) is 0 Å². The first-order valence-corrected chi connectivity index (χ1v) is 7.19. The summed E-state index contributed by atoms with van der Waals surface area (Å²) in [5, 5.41) is 3.37. The van der Waals surface area contributed by atoms with Crippen molar-refractivity contribution in [2.45, 2.75) is 46.2 Å². The second-order valence-corrected chi connectivity index (χ2v) is 5.85. The third kappa shape index (κ3) is 3.66. The van der Waals surface area contributed by atoms with E-state index < -0.39 is 0 Å². The van der Waals surface area contributed by atoms with Crippen LogP contribution in [0.2, 0.25) is 0 Å². The Morgan fingerprint density at radius 1 is 1.53 bits per heavy atom. The van der Waals surface area contributed by atoms with Crippen molar-refractivity contribution in [3.8, 4) is 0 Å². The van der Waals surface area contributed by atoms with E-state index in [2.05, 4.69) is 36.0 Å². The predicted molar refractivity (Wildman–Crippen MR) is 76.8 cm³/mol. The highest BCUT2D eigenvalue weighted by Gasteiger charge is 2.23. The Morgan fingerprint density at radius 2 is 2.32 bits per heavy atom. The highest BCUT2D eigenvalue weighted by molar-refractivity contribution is 5.48. The molecule has 106 valence electrons. The van der Waals surface area contributed by atoms with Gasteiger partial charge < -0.3 is 10.2 Å². The summed E-state index contributed by atoms with van der Waals surface area (Å²) in [6, 6.07) is 2.11. The summed E-state index contributed by atoms with van der Waals surface area (Å²) in [7, 11) is 0. The van der Waals surface area contributed by atoms with Gasteiger partial charge in [-0.3, -0.25) is 0 Å². The third-order valence-electron chi connectivity index (χ3n) is 3.60. The van der Waals surface area contributed by atoms with Crippen LogP contribution < -0.4 is 10.2 Å². The van der Waals surface area contributed by atoms with Crippen molar-refractivity contribution < 1.29 is 4.39 Å². The Morgan fingerprint density at radius 3 is 2.95 bits per heavy atom. The monoisotopic (exact) mass is 265 g/mol. The van der Waals surface area contributed by atoms with E-state index in [9.17, 15) is 4.39 Å². The molecule has 0 saturated carbocycles. The summed E-state index contributed by atoms with van der Waals surface area (Å²) in [5.74, 6) is 1.29. The van der Waals surface area contributed by atoms with Gasteiger partial charge in [-0.25, -0.2) is 9.37 Å². The van der Waals surface area contributed by atoms with Crippen LogP contribution in [0.15, 0.2) is 12.3 Å². The van der Waals surface area contributed by atoms with Gasteiger partial charge in [0.1, 0.15) is 11.6 Å². The van der Waals surface area contributed by atoms with E-state index in [0.29, 0.717) is 18.5 Å². The zero-order valence-corrected chi connectivity index (χ0v) is 12.1. The van der Waals surface area contributed by atoms with Gasteiger partial charge >= 0.3 is 0 Å². The highest BCUT2D eigenvalue weighted by atomic mass is 19.1. The lowest BCUT2D eigenvalue weighted by atomic mass is 10.2. The number of hydrogen-bond acceptors (Lipinski definition) is 3. The summed E-state index contributed by atoms with van der Waals surface area (Å²) in [6.07, 6.45) is 3.71. The first-order valence-electron chi connectivity index (χ1n) is 7.19. The maximum atomic E-state index is 13.4. The van der Waals surface area contributed by atoms with E-state index in [-0.39, 0.29) is 5.82 Å². The lowest BCUT2D eigenvalue weighted by Gasteiger charge is -2.25. The number of nitrogens with zero attached hydrogens (tertiary/aromatic N) is 2. The van der Waals surface area contributed by atoms with Crippen molar-refractivity contribution in [3.63, 3.8) is 0 Å². The zero-order chi connectivity index (χ0) is 13.8. The molecule has 2 rings (SSSR count). The predicted octanol–water partition coefficient (Wildman–Crippen LogP) is 2.96. The van der Waals surface area contributed by atoms with Crippen LogP contribution in [0.5, 0.6) is 0 Å². The number of pyridine rings is 1. The molecule has 1 fully saturated rings. The lowest BCUT2D eigenvalue weighted by Crippen LogP contribution is -2.29. The summed E-state index contributed by atoms with van der Waals surface area (Å²) < 4.78 is 13.4. The van der Waals surface area contributed by atoms with Gasteiger partial charge in [0, 0.05) is 24.7 Å². The molecular weight excluding hydrogens is 241 g/mol. The summed E-state index contributed by atoms with van der Waals surface area (Å²) in [4.78, 5) is 6.62. The molecule has 1 aromatic heterocycles. The van der Waals surface area contributed by atoms with Crippen LogP contribution in [0.25, 0.3) is 0 Å². The second kappa shape index (κ2) is 6.33. The minimum atomic E-state index is -0.253. The average Bonchev–Trinajstić information content (AvgIpc) is 2.75. The first-order chi connectivity index (χ1) is 9.08. The summed E-state index contributed by atoms with van der Waals surface area (Å²) in [6.45, 7) is 9.19. The first kappa shape index (κ1) is 14.3. The van der Waals surface area contributed by atoms with E-state index in [1.807, 2.05) is 0 Å². The molecule has 1 aliphatic rings. The molecule has 0 spiro atoms. The lowest BCUT2D eigenvalue weighted by molar-refractivity contribution is 0.547. The van der Waals surface area contributed by atoms with Crippen LogP contribution in [0.4, 0.5) is 10.2 Å². The Kier molecular flexibility index (Phi) is 4.75.